The number of alkyl halides is 3. The fourth-order valence-electron chi connectivity index (χ4n) is 3.70. The maximum atomic E-state index is 12.9. The van der Waals surface area contributed by atoms with E-state index < -0.39 is 17.6 Å². The van der Waals surface area contributed by atoms with E-state index in [0.29, 0.717) is 45.6 Å². The summed E-state index contributed by atoms with van der Waals surface area (Å²) < 4.78 is 50.4. The third kappa shape index (κ3) is 8.22. The summed E-state index contributed by atoms with van der Waals surface area (Å²) in [5.41, 5.74) is 4.01. The van der Waals surface area contributed by atoms with Gasteiger partial charge in [-0.2, -0.15) is 23.5 Å². The first kappa shape index (κ1) is 30.4. The number of carbonyl (C=O) groups excluding carboxylic acids is 1. The minimum atomic E-state index is -4.46. The summed E-state index contributed by atoms with van der Waals surface area (Å²) in [6.45, 7) is 2.26. The average Bonchev–Trinajstić information content (AvgIpc) is 3.39. The Labute approximate surface area is 248 Å². The van der Waals surface area contributed by atoms with Crippen molar-refractivity contribution in [3.8, 4) is 17.6 Å². The molecule has 4 aromatic rings. The van der Waals surface area contributed by atoms with Crippen LogP contribution in [0.4, 0.5) is 24.0 Å². The summed E-state index contributed by atoms with van der Waals surface area (Å²) in [6.07, 6.45) is -3.16. The molecule has 0 bridgehead atoms. The molecule has 0 aliphatic rings. The highest BCUT2D eigenvalue weighted by Gasteiger charge is 2.30. The maximum Gasteiger partial charge on any atom is 0.416 e. The second-order valence-electron chi connectivity index (χ2n) is 8.64. The van der Waals surface area contributed by atoms with Gasteiger partial charge < -0.3 is 14.8 Å². The normalized spacial score (nSPS) is 11.2. The van der Waals surface area contributed by atoms with Gasteiger partial charge in [0.2, 0.25) is 5.91 Å². The maximum absolute atomic E-state index is 12.9. The van der Waals surface area contributed by atoms with Gasteiger partial charge in [0.25, 0.3) is 0 Å². The van der Waals surface area contributed by atoms with Gasteiger partial charge in [-0.05, 0) is 48.9 Å². The molecule has 8 nitrogen and oxygen atoms in total. The van der Waals surface area contributed by atoms with E-state index in [-0.39, 0.29) is 23.7 Å². The van der Waals surface area contributed by atoms with Crippen molar-refractivity contribution in [2.24, 2.45) is 5.10 Å². The van der Waals surface area contributed by atoms with Gasteiger partial charge in [-0.25, -0.2) is 10.4 Å². The first-order valence-corrected chi connectivity index (χ1v) is 13.7. The predicted octanol–water partition coefficient (Wildman–Crippen LogP) is 7.10. The number of hydrogen-bond donors (Lipinski definition) is 2. The van der Waals surface area contributed by atoms with Gasteiger partial charge in [-0.3, -0.25) is 4.79 Å². The van der Waals surface area contributed by atoms with E-state index in [1.807, 2.05) is 13.0 Å². The van der Waals surface area contributed by atoms with Crippen LogP contribution in [0.1, 0.15) is 34.9 Å². The van der Waals surface area contributed by atoms with Crippen LogP contribution in [0.3, 0.4) is 0 Å². The number of thiazole rings is 1. The van der Waals surface area contributed by atoms with Crippen LogP contribution in [0.15, 0.2) is 71.1 Å². The number of amides is 1. The minimum Gasteiger partial charge on any atom is -0.490 e. The smallest absolute Gasteiger partial charge is 0.416 e. The molecular weight excluding hydrogens is 591 g/mol. The fourth-order valence-corrected chi connectivity index (χ4v) is 4.70. The predicted molar refractivity (Wildman–Crippen MR) is 154 cm³/mol. The molecule has 4 rings (SSSR count). The Morgan fingerprint density at radius 3 is 2.74 bits per heavy atom. The highest BCUT2D eigenvalue weighted by Crippen LogP contribution is 2.37. The zero-order chi connectivity index (χ0) is 30.1. The molecule has 42 heavy (non-hydrogen) atoms. The lowest BCUT2D eigenvalue weighted by Crippen LogP contribution is -2.20. The van der Waals surface area contributed by atoms with Crippen LogP contribution in [0, 0.1) is 11.3 Å². The molecule has 0 aliphatic heterocycles. The number of aromatic nitrogens is 1. The molecule has 216 valence electrons. The molecule has 13 heteroatoms. The van der Waals surface area contributed by atoms with Crippen molar-refractivity contribution in [1.82, 2.24) is 10.4 Å². The Bertz CT molecular complexity index is 1640. The van der Waals surface area contributed by atoms with Crippen LogP contribution in [0.2, 0.25) is 5.02 Å². The first-order valence-electron chi connectivity index (χ1n) is 12.4. The third-order valence-electron chi connectivity index (χ3n) is 5.58. The molecule has 0 fully saturated rings. The van der Waals surface area contributed by atoms with Gasteiger partial charge in [0.1, 0.15) is 6.61 Å². The fraction of sp³-hybridized carbons (Fsp3) is 0.172. The van der Waals surface area contributed by atoms with Gasteiger partial charge >= 0.3 is 6.18 Å². The van der Waals surface area contributed by atoms with Gasteiger partial charge in [0.15, 0.2) is 16.6 Å². The van der Waals surface area contributed by atoms with E-state index in [0.717, 1.165) is 23.5 Å². The highest BCUT2D eigenvalue weighted by atomic mass is 35.5. The van der Waals surface area contributed by atoms with Crippen LogP contribution in [-0.2, 0) is 24.0 Å². The summed E-state index contributed by atoms with van der Waals surface area (Å²) in [4.78, 5) is 16.6. The molecular formula is C29H23ClF3N5O3S. The summed E-state index contributed by atoms with van der Waals surface area (Å²) >= 11 is 7.62. The van der Waals surface area contributed by atoms with Crippen LogP contribution >= 0.6 is 22.9 Å². The molecule has 1 amide bonds. The number of anilines is 2. The lowest BCUT2D eigenvalue weighted by molar-refractivity contribution is -0.137. The number of ether oxygens (including phenoxy) is 2. The number of hydrogen-bond acceptors (Lipinski definition) is 8. The summed E-state index contributed by atoms with van der Waals surface area (Å²) in [6, 6.07) is 17.2. The van der Waals surface area contributed by atoms with Crippen molar-refractivity contribution >= 4 is 45.9 Å². The second-order valence-corrected chi connectivity index (χ2v) is 9.90. The highest BCUT2D eigenvalue weighted by molar-refractivity contribution is 7.13. The van der Waals surface area contributed by atoms with Gasteiger partial charge in [-0.1, -0.05) is 35.9 Å². The van der Waals surface area contributed by atoms with Crippen molar-refractivity contribution < 1.29 is 27.4 Å². The number of carbonyl (C=O) groups is 1. The zero-order valence-corrected chi connectivity index (χ0v) is 23.6. The molecule has 2 N–H and O–H groups in total. The first-order chi connectivity index (χ1) is 20.2. The number of halogens is 4. The quantitative estimate of drug-likeness (QED) is 0.138. The zero-order valence-electron chi connectivity index (χ0n) is 22.0. The lowest BCUT2D eigenvalue weighted by Gasteiger charge is -2.15. The Morgan fingerprint density at radius 1 is 1.17 bits per heavy atom. The van der Waals surface area contributed by atoms with Gasteiger partial charge in [-0.15, -0.1) is 11.3 Å². The average molecular weight is 614 g/mol. The molecule has 1 heterocycles. The summed E-state index contributed by atoms with van der Waals surface area (Å²) in [5.74, 6) is 0.232. The van der Waals surface area contributed by atoms with E-state index in [2.05, 4.69) is 26.9 Å². The van der Waals surface area contributed by atoms with Crippen molar-refractivity contribution in [3.05, 3.63) is 99.0 Å². The van der Waals surface area contributed by atoms with Crippen molar-refractivity contribution in [2.45, 2.75) is 26.1 Å². The third-order valence-corrected chi connectivity index (χ3v) is 6.67. The molecule has 0 saturated carbocycles. The molecule has 3 aromatic carbocycles. The van der Waals surface area contributed by atoms with Gasteiger partial charge in [0.05, 0.1) is 47.2 Å². The summed E-state index contributed by atoms with van der Waals surface area (Å²) in [7, 11) is 0. The Balaban J connectivity index is 1.35. The van der Waals surface area contributed by atoms with Crippen molar-refractivity contribution in [1.29, 1.82) is 5.26 Å². The molecule has 0 unspecified atom stereocenters. The monoisotopic (exact) mass is 613 g/mol. The summed E-state index contributed by atoms with van der Waals surface area (Å²) in [5, 5.41) is 18.3. The largest absolute Gasteiger partial charge is 0.490 e. The second kappa shape index (κ2) is 13.8. The van der Waals surface area contributed by atoms with E-state index in [4.69, 9.17) is 21.1 Å². The Kier molecular flexibility index (Phi) is 10.0. The molecule has 0 radical (unpaired) electrons. The molecule has 0 atom stereocenters. The van der Waals surface area contributed by atoms with Crippen LogP contribution in [0.25, 0.3) is 0 Å². The molecule has 1 aromatic heterocycles. The van der Waals surface area contributed by atoms with E-state index >= 15 is 0 Å². The number of hydrazone groups is 1. The number of rotatable bonds is 11. The van der Waals surface area contributed by atoms with Crippen molar-refractivity contribution in [2.75, 3.05) is 11.9 Å². The van der Waals surface area contributed by atoms with Crippen LogP contribution in [-0.4, -0.2) is 23.7 Å². The van der Waals surface area contributed by atoms with E-state index in [1.165, 1.54) is 18.3 Å². The minimum absolute atomic E-state index is 0.0972. The SMILES string of the molecule is CCOc1cc(/C=N\NC(=O)Cc2csc(Nc3cccc(C(F)(F)F)c3)n2)cc(Cl)c1OCc1ccccc1C#N. The van der Waals surface area contributed by atoms with Crippen molar-refractivity contribution in [3.63, 3.8) is 0 Å². The number of nitriles is 1. The molecule has 0 saturated heterocycles. The van der Waals surface area contributed by atoms with E-state index in [1.54, 1.807) is 35.7 Å². The van der Waals surface area contributed by atoms with Crippen LogP contribution in [0.5, 0.6) is 11.5 Å². The Morgan fingerprint density at radius 2 is 1.98 bits per heavy atom. The van der Waals surface area contributed by atoms with Gasteiger partial charge in [0, 0.05) is 16.6 Å². The number of nitrogens with zero attached hydrogens (tertiary/aromatic N) is 3. The standard InChI is InChI=1S/C29H23ClF3N5O3S/c1-2-40-25-11-18(10-24(30)27(25)41-16-20-7-4-3-6-19(20)14-34)15-35-38-26(39)13-23-17-42-28(37-23)36-22-9-5-8-21(12-22)29(31,32)33/h3-12,15,17H,2,13,16H2,1H3,(H,36,37)(H,38,39)/b35-15-. The van der Waals surface area contributed by atoms with E-state index in [9.17, 15) is 23.2 Å². The van der Waals surface area contributed by atoms with Crippen LogP contribution < -0.4 is 20.2 Å². The molecule has 0 spiro atoms. The Hall–Kier alpha value is -4.60. The topological polar surface area (TPSA) is 109 Å². The number of nitrogens with one attached hydrogen (secondary N) is 2. The number of benzene rings is 3. The molecule has 0 aliphatic carbocycles. The lowest BCUT2D eigenvalue weighted by atomic mass is 10.1.